The van der Waals surface area contributed by atoms with E-state index in [0.717, 1.165) is 57.1 Å². The van der Waals surface area contributed by atoms with Crippen LogP contribution in [0.1, 0.15) is 128 Å². The van der Waals surface area contributed by atoms with Crippen LogP contribution in [0.5, 0.6) is 0 Å². The van der Waals surface area contributed by atoms with Crippen molar-refractivity contribution in [3.05, 3.63) is 58.3 Å². The molecule has 0 fully saturated rings. The zero-order chi connectivity index (χ0) is 32.3. The van der Waals surface area contributed by atoms with E-state index < -0.39 is 0 Å². The Kier molecular flexibility index (Phi) is 12.8. The van der Waals surface area contributed by atoms with Crippen molar-refractivity contribution in [3.63, 3.8) is 0 Å². The van der Waals surface area contributed by atoms with E-state index in [1.54, 1.807) is 22.7 Å². The number of benzene rings is 2. The van der Waals surface area contributed by atoms with Crippen LogP contribution in [0.2, 0.25) is 0 Å². The molecule has 0 N–H and O–H groups in total. The lowest BCUT2D eigenvalue weighted by molar-refractivity contribution is 0.571. The molecule has 0 saturated heterocycles. The minimum absolute atomic E-state index is 0.937. The van der Waals surface area contributed by atoms with Crippen LogP contribution in [0, 0.1) is 0 Å². The van der Waals surface area contributed by atoms with Crippen molar-refractivity contribution in [3.8, 4) is 20.9 Å². The average molecular weight is 683 g/mol. The Bertz CT molecular complexity index is 1690. The highest BCUT2D eigenvalue weighted by Crippen LogP contribution is 2.44. The molecule has 0 radical (unpaired) electrons. The summed E-state index contributed by atoms with van der Waals surface area (Å²) in [5.74, 6) is 0. The second-order valence-electron chi connectivity index (χ2n) is 13.1. The number of nitrogens with zero attached hydrogens (tertiary/aromatic N) is 4. The zero-order valence-electron chi connectivity index (χ0n) is 28.4. The summed E-state index contributed by atoms with van der Waals surface area (Å²) in [6.45, 7) is 4.59. The highest BCUT2D eigenvalue weighted by atomic mass is 32.1. The first-order valence-corrected chi connectivity index (χ1v) is 20.8. The van der Waals surface area contributed by atoms with Crippen LogP contribution < -0.4 is 0 Å². The third-order valence-electron chi connectivity index (χ3n) is 9.56. The van der Waals surface area contributed by atoms with Gasteiger partial charge in [-0.1, -0.05) is 116 Å². The number of hydrogen-bond acceptors (Lipinski definition) is 7. The van der Waals surface area contributed by atoms with E-state index in [2.05, 4.69) is 61.0 Å². The van der Waals surface area contributed by atoms with Gasteiger partial charge >= 0.3 is 0 Å². The number of thiophene rings is 2. The molecule has 0 unspecified atom stereocenters. The number of hydrogen-bond donors (Lipinski definition) is 0. The lowest BCUT2D eigenvalue weighted by Crippen LogP contribution is -2.00. The summed E-state index contributed by atoms with van der Waals surface area (Å²) in [6.07, 6.45) is 23.8. The highest BCUT2D eigenvalue weighted by Gasteiger charge is 2.24. The maximum absolute atomic E-state index is 5.45. The van der Waals surface area contributed by atoms with E-state index in [0.29, 0.717) is 0 Å². The van der Waals surface area contributed by atoms with Gasteiger partial charge in [0, 0.05) is 20.9 Å². The van der Waals surface area contributed by atoms with Crippen LogP contribution >= 0.6 is 34.4 Å². The quantitative estimate of drug-likeness (QED) is 0.0594. The molecule has 4 nitrogen and oxygen atoms in total. The van der Waals surface area contributed by atoms with Crippen molar-refractivity contribution in [2.24, 2.45) is 0 Å². The molecule has 6 rings (SSSR count). The molecule has 0 spiro atoms. The van der Waals surface area contributed by atoms with E-state index in [1.165, 1.54) is 135 Å². The molecule has 7 heteroatoms. The summed E-state index contributed by atoms with van der Waals surface area (Å²) in [6, 6.07) is 13.3. The zero-order valence-corrected chi connectivity index (χ0v) is 30.8. The molecule has 2 aromatic carbocycles. The fourth-order valence-electron chi connectivity index (χ4n) is 6.95. The van der Waals surface area contributed by atoms with Crippen molar-refractivity contribution >= 4 is 67.5 Å². The molecule has 0 aliphatic rings. The number of rotatable bonds is 20. The van der Waals surface area contributed by atoms with Crippen LogP contribution in [0.25, 0.3) is 54.0 Å². The number of aryl methyl sites for hydroxylation is 2. The topological polar surface area (TPSA) is 51.6 Å². The molecule has 0 saturated carbocycles. The Balaban J connectivity index is 1.34. The summed E-state index contributed by atoms with van der Waals surface area (Å²) in [4.78, 5) is 13.2. The van der Waals surface area contributed by atoms with Crippen LogP contribution in [0.3, 0.4) is 0 Å². The SMILES string of the molecule is CCCCCCCCCCc1cc2nc3c(-c4cccs4)c4nsnc4c(-c4cccs4)c3nc2cc1CCCCCCCCCC. The van der Waals surface area contributed by atoms with Crippen LogP contribution in [-0.4, -0.2) is 18.7 Å². The number of aromatic nitrogens is 4. The fourth-order valence-corrected chi connectivity index (χ4v) is 9.06. The van der Waals surface area contributed by atoms with Gasteiger partial charge in [0.1, 0.15) is 22.1 Å². The molecule has 4 heterocycles. The normalized spacial score (nSPS) is 11.9. The van der Waals surface area contributed by atoms with Gasteiger partial charge in [-0.05, 0) is 71.8 Å². The van der Waals surface area contributed by atoms with E-state index in [9.17, 15) is 0 Å². The van der Waals surface area contributed by atoms with E-state index in [4.69, 9.17) is 18.7 Å². The third-order valence-corrected chi connectivity index (χ3v) is 11.9. The summed E-state index contributed by atoms with van der Waals surface area (Å²) >= 11 is 4.76. The van der Waals surface area contributed by atoms with Crippen LogP contribution in [0.4, 0.5) is 0 Å². The number of unbranched alkanes of at least 4 members (excludes halogenated alkanes) is 14. The Morgan fingerprint density at radius 1 is 0.489 bits per heavy atom. The molecule has 248 valence electrons. The Morgan fingerprint density at radius 2 is 0.894 bits per heavy atom. The summed E-state index contributed by atoms with van der Waals surface area (Å²) < 4.78 is 9.66. The van der Waals surface area contributed by atoms with Crippen molar-refractivity contribution in [2.75, 3.05) is 0 Å². The summed E-state index contributed by atoms with van der Waals surface area (Å²) in [5, 5.41) is 4.27. The van der Waals surface area contributed by atoms with Crippen LogP contribution in [-0.2, 0) is 12.8 Å². The van der Waals surface area contributed by atoms with E-state index in [-0.39, 0.29) is 0 Å². The minimum Gasteiger partial charge on any atom is -0.244 e. The molecular formula is C40H50N4S3. The molecular weight excluding hydrogens is 633 g/mol. The summed E-state index contributed by atoms with van der Waals surface area (Å²) in [5.41, 5.74) is 10.9. The van der Waals surface area contributed by atoms with Gasteiger partial charge < -0.3 is 0 Å². The summed E-state index contributed by atoms with van der Waals surface area (Å²) in [7, 11) is 0. The Labute approximate surface area is 293 Å². The van der Waals surface area contributed by atoms with E-state index in [1.807, 2.05) is 0 Å². The van der Waals surface area contributed by atoms with Gasteiger partial charge in [0.05, 0.1) is 22.8 Å². The largest absolute Gasteiger partial charge is 0.244 e. The van der Waals surface area contributed by atoms with Gasteiger partial charge in [0.25, 0.3) is 0 Å². The van der Waals surface area contributed by atoms with Gasteiger partial charge in [-0.25, -0.2) is 9.97 Å². The number of fused-ring (bicyclic) bond motifs is 3. The molecule has 6 aromatic rings. The smallest absolute Gasteiger partial charge is 0.116 e. The Morgan fingerprint density at radius 3 is 1.28 bits per heavy atom. The van der Waals surface area contributed by atoms with Crippen molar-refractivity contribution < 1.29 is 0 Å². The third kappa shape index (κ3) is 8.47. The average Bonchev–Trinajstić information content (AvgIpc) is 3.89. The van der Waals surface area contributed by atoms with Gasteiger partial charge in [-0.2, -0.15) is 8.75 Å². The first kappa shape index (κ1) is 34.1. The predicted molar refractivity (Wildman–Crippen MR) is 207 cm³/mol. The van der Waals surface area contributed by atoms with Gasteiger partial charge in [0.2, 0.25) is 0 Å². The lowest BCUT2D eigenvalue weighted by Gasteiger charge is -2.14. The molecule has 0 atom stereocenters. The molecule has 0 aliphatic heterocycles. The standard InChI is InChI=1S/C40H50N4S3/c1-3-5-7-9-11-13-15-17-21-29-27-31-32(28-30(29)22-18-16-14-12-10-8-6-4-2)42-38-36(34-24-20-26-46-34)40-39(43-47-44-40)35(37(38)41-31)33-23-19-25-45-33/h19-20,23-28H,3-18,21-22H2,1-2H3. The highest BCUT2D eigenvalue weighted by molar-refractivity contribution is 7.14. The second-order valence-corrected chi connectivity index (χ2v) is 15.6. The molecule has 0 amide bonds. The first-order chi connectivity index (χ1) is 23.3. The molecule has 4 aromatic heterocycles. The molecule has 0 aliphatic carbocycles. The second kappa shape index (κ2) is 17.6. The van der Waals surface area contributed by atoms with Gasteiger partial charge in [-0.3, -0.25) is 0 Å². The maximum Gasteiger partial charge on any atom is 0.116 e. The van der Waals surface area contributed by atoms with E-state index >= 15 is 0 Å². The predicted octanol–water partition coefficient (Wildman–Crippen LogP) is 13.6. The monoisotopic (exact) mass is 682 g/mol. The lowest BCUT2D eigenvalue weighted by atomic mass is 9.95. The maximum atomic E-state index is 5.45. The molecule has 47 heavy (non-hydrogen) atoms. The first-order valence-electron chi connectivity index (χ1n) is 18.3. The fraction of sp³-hybridized carbons (Fsp3) is 0.500. The van der Waals surface area contributed by atoms with Crippen molar-refractivity contribution in [1.82, 2.24) is 18.7 Å². The van der Waals surface area contributed by atoms with Crippen molar-refractivity contribution in [2.45, 2.75) is 129 Å². The van der Waals surface area contributed by atoms with Crippen LogP contribution in [0.15, 0.2) is 47.2 Å². The Hall–Kier alpha value is -2.74. The van der Waals surface area contributed by atoms with Crippen molar-refractivity contribution in [1.29, 1.82) is 0 Å². The van der Waals surface area contributed by atoms with Gasteiger partial charge in [-0.15, -0.1) is 22.7 Å². The molecule has 0 bridgehead atoms. The minimum atomic E-state index is 0.937. The van der Waals surface area contributed by atoms with Gasteiger partial charge in [0.15, 0.2) is 0 Å².